The van der Waals surface area contributed by atoms with E-state index in [-0.39, 0.29) is 17.4 Å². The molecule has 0 aliphatic carbocycles. The zero-order chi connectivity index (χ0) is 13.4. The standard InChI is InChI=1S/C12H12N4O2S/c1-6-7(5-15-19-6)16-12(17)9-10-8(18-11(9)13)3-2-4-14-10/h2-4,15H,5,13H2,1H3,(H,16,17). The van der Waals surface area contributed by atoms with Gasteiger partial charge in [0.1, 0.15) is 11.1 Å². The third-order valence-electron chi connectivity index (χ3n) is 2.86. The summed E-state index contributed by atoms with van der Waals surface area (Å²) in [6, 6.07) is 3.46. The number of hydrogen-bond acceptors (Lipinski definition) is 6. The molecule has 98 valence electrons. The highest BCUT2D eigenvalue weighted by Crippen LogP contribution is 2.27. The highest BCUT2D eigenvalue weighted by Gasteiger charge is 2.22. The summed E-state index contributed by atoms with van der Waals surface area (Å²) in [4.78, 5) is 17.5. The summed E-state index contributed by atoms with van der Waals surface area (Å²) in [5.74, 6) is -0.211. The van der Waals surface area contributed by atoms with Crippen molar-refractivity contribution in [2.24, 2.45) is 0 Å². The van der Waals surface area contributed by atoms with Crippen molar-refractivity contribution in [2.75, 3.05) is 12.3 Å². The normalized spacial score (nSPS) is 15.2. The number of nitrogen functional groups attached to an aromatic ring is 1. The first-order chi connectivity index (χ1) is 9.16. The van der Waals surface area contributed by atoms with Gasteiger partial charge in [-0.1, -0.05) is 0 Å². The number of pyridine rings is 1. The molecule has 0 unspecified atom stereocenters. The minimum absolute atomic E-state index is 0.0862. The number of amides is 1. The fraction of sp³-hybridized carbons (Fsp3) is 0.167. The third kappa shape index (κ3) is 2.06. The maximum Gasteiger partial charge on any atom is 0.263 e. The van der Waals surface area contributed by atoms with Gasteiger partial charge < -0.3 is 15.5 Å². The van der Waals surface area contributed by atoms with Crippen LogP contribution in [0.4, 0.5) is 5.88 Å². The average Bonchev–Trinajstić information content (AvgIpc) is 2.92. The van der Waals surface area contributed by atoms with Gasteiger partial charge in [0.25, 0.3) is 5.91 Å². The van der Waals surface area contributed by atoms with Crippen molar-refractivity contribution in [3.05, 3.63) is 34.5 Å². The van der Waals surface area contributed by atoms with Crippen molar-refractivity contribution >= 4 is 34.8 Å². The van der Waals surface area contributed by atoms with Crippen molar-refractivity contribution in [1.29, 1.82) is 0 Å². The van der Waals surface area contributed by atoms with Crippen molar-refractivity contribution in [2.45, 2.75) is 6.92 Å². The number of rotatable bonds is 2. The number of fused-ring (bicyclic) bond motifs is 1. The summed E-state index contributed by atoms with van der Waals surface area (Å²) >= 11 is 1.50. The molecule has 1 aliphatic rings. The summed E-state index contributed by atoms with van der Waals surface area (Å²) in [6.45, 7) is 2.56. The molecule has 3 rings (SSSR count). The summed E-state index contributed by atoms with van der Waals surface area (Å²) in [5, 5.41) is 2.84. The van der Waals surface area contributed by atoms with Gasteiger partial charge in [0.15, 0.2) is 5.58 Å². The first-order valence-corrected chi connectivity index (χ1v) is 6.52. The molecule has 0 bridgehead atoms. The molecule has 1 amide bonds. The van der Waals surface area contributed by atoms with Gasteiger partial charge in [0.05, 0.1) is 0 Å². The molecular weight excluding hydrogens is 264 g/mol. The number of aromatic nitrogens is 1. The molecule has 7 heteroatoms. The number of nitrogens with one attached hydrogen (secondary N) is 2. The minimum Gasteiger partial charge on any atom is -0.438 e. The van der Waals surface area contributed by atoms with Crippen molar-refractivity contribution in [1.82, 2.24) is 15.0 Å². The molecule has 0 fully saturated rings. The van der Waals surface area contributed by atoms with Crippen LogP contribution in [-0.2, 0) is 0 Å². The lowest BCUT2D eigenvalue weighted by Gasteiger charge is -2.05. The number of nitrogens with zero attached hydrogens (tertiary/aromatic N) is 1. The highest BCUT2D eigenvalue weighted by atomic mass is 32.2. The number of carbonyl (C=O) groups excluding carboxylic acids is 1. The number of nitrogens with two attached hydrogens (primary N) is 1. The lowest BCUT2D eigenvalue weighted by molar-refractivity contribution is 0.0967. The van der Waals surface area contributed by atoms with Crippen molar-refractivity contribution in [3.63, 3.8) is 0 Å². The summed E-state index contributed by atoms with van der Waals surface area (Å²) in [7, 11) is 0. The molecule has 0 aromatic carbocycles. The molecule has 0 saturated heterocycles. The van der Waals surface area contributed by atoms with E-state index in [1.807, 2.05) is 6.92 Å². The molecule has 0 radical (unpaired) electrons. The summed E-state index contributed by atoms with van der Waals surface area (Å²) in [6.07, 6.45) is 1.60. The fourth-order valence-corrected chi connectivity index (χ4v) is 2.58. The van der Waals surface area contributed by atoms with Crippen molar-refractivity contribution < 1.29 is 9.21 Å². The molecule has 6 nitrogen and oxygen atoms in total. The molecule has 1 aliphatic heterocycles. The quantitative estimate of drug-likeness (QED) is 0.722. The van der Waals surface area contributed by atoms with Crippen LogP contribution < -0.4 is 15.8 Å². The molecule has 2 aromatic rings. The van der Waals surface area contributed by atoms with Crippen LogP contribution in [0.3, 0.4) is 0 Å². The molecule has 0 atom stereocenters. The van der Waals surface area contributed by atoms with E-state index in [2.05, 4.69) is 15.0 Å². The van der Waals surface area contributed by atoms with E-state index < -0.39 is 0 Å². The highest BCUT2D eigenvalue weighted by molar-refractivity contribution is 8.01. The number of carbonyl (C=O) groups is 1. The van der Waals surface area contributed by atoms with Crippen LogP contribution in [0.15, 0.2) is 33.3 Å². The summed E-state index contributed by atoms with van der Waals surface area (Å²) in [5.41, 5.74) is 7.88. The lowest BCUT2D eigenvalue weighted by atomic mass is 10.2. The Bertz CT molecular complexity index is 692. The Labute approximate surface area is 113 Å². The van der Waals surface area contributed by atoms with Gasteiger partial charge in [-0.3, -0.25) is 14.5 Å². The molecule has 4 N–H and O–H groups in total. The van der Waals surface area contributed by atoms with Crippen LogP contribution in [0.25, 0.3) is 11.1 Å². The molecule has 0 saturated carbocycles. The fourth-order valence-electron chi connectivity index (χ4n) is 1.90. The zero-order valence-electron chi connectivity index (χ0n) is 10.2. The predicted molar refractivity (Wildman–Crippen MR) is 74.2 cm³/mol. The third-order valence-corrected chi connectivity index (χ3v) is 3.71. The molecule has 2 aromatic heterocycles. The number of allylic oxidation sites excluding steroid dienone is 1. The number of anilines is 1. The number of furan rings is 1. The van der Waals surface area contributed by atoms with Gasteiger partial charge in [-0.15, -0.1) is 0 Å². The molecule has 0 spiro atoms. The molecule has 3 heterocycles. The SMILES string of the molecule is CC1=C(NC(=O)c2c(N)oc3cccnc23)CNS1. The largest absolute Gasteiger partial charge is 0.438 e. The van der Waals surface area contributed by atoms with E-state index in [1.165, 1.54) is 11.9 Å². The van der Waals surface area contributed by atoms with Gasteiger partial charge in [0, 0.05) is 23.3 Å². The second-order valence-corrected chi connectivity index (χ2v) is 5.21. The van der Waals surface area contributed by atoms with Gasteiger partial charge >= 0.3 is 0 Å². The summed E-state index contributed by atoms with van der Waals surface area (Å²) < 4.78 is 8.41. The smallest absolute Gasteiger partial charge is 0.263 e. The van der Waals surface area contributed by atoms with Crippen LogP contribution in [-0.4, -0.2) is 17.4 Å². The first-order valence-electron chi connectivity index (χ1n) is 5.70. The lowest BCUT2D eigenvalue weighted by Crippen LogP contribution is -2.26. The average molecular weight is 276 g/mol. The van der Waals surface area contributed by atoms with Gasteiger partial charge in [-0.05, 0) is 31.0 Å². The molecular formula is C12H12N4O2S. The van der Waals surface area contributed by atoms with E-state index in [4.69, 9.17) is 10.2 Å². The van der Waals surface area contributed by atoms with Crippen LogP contribution in [0, 0.1) is 0 Å². The van der Waals surface area contributed by atoms with Crippen LogP contribution in [0.1, 0.15) is 17.3 Å². The van der Waals surface area contributed by atoms with Gasteiger partial charge in [-0.25, -0.2) is 0 Å². The monoisotopic (exact) mass is 276 g/mol. The first kappa shape index (κ1) is 12.1. The Balaban J connectivity index is 1.98. The maximum absolute atomic E-state index is 12.3. The van der Waals surface area contributed by atoms with Gasteiger partial charge in [0.2, 0.25) is 5.88 Å². The van der Waals surface area contributed by atoms with Crippen LogP contribution in [0.2, 0.25) is 0 Å². The number of hydrogen-bond donors (Lipinski definition) is 3. The Kier molecular flexibility index (Phi) is 2.92. The van der Waals surface area contributed by atoms with E-state index in [9.17, 15) is 4.79 Å². The van der Waals surface area contributed by atoms with Crippen molar-refractivity contribution in [3.8, 4) is 0 Å². The van der Waals surface area contributed by atoms with Gasteiger partial charge in [-0.2, -0.15) is 0 Å². The Hall–Kier alpha value is -1.99. The van der Waals surface area contributed by atoms with E-state index >= 15 is 0 Å². The minimum atomic E-state index is -0.298. The van der Waals surface area contributed by atoms with Crippen LogP contribution >= 0.6 is 11.9 Å². The van der Waals surface area contributed by atoms with Crippen LogP contribution in [0.5, 0.6) is 0 Å². The maximum atomic E-state index is 12.3. The Morgan fingerprint density at radius 1 is 1.63 bits per heavy atom. The second kappa shape index (κ2) is 4.60. The topological polar surface area (TPSA) is 93.2 Å². The zero-order valence-corrected chi connectivity index (χ0v) is 11.0. The predicted octanol–water partition coefficient (Wildman–Crippen LogP) is 1.62. The molecule has 19 heavy (non-hydrogen) atoms. The Morgan fingerprint density at radius 3 is 3.21 bits per heavy atom. The van der Waals surface area contributed by atoms with E-state index in [0.717, 1.165) is 10.6 Å². The Morgan fingerprint density at radius 2 is 2.47 bits per heavy atom. The van der Waals surface area contributed by atoms with E-state index in [1.54, 1.807) is 18.3 Å². The van der Waals surface area contributed by atoms with E-state index in [0.29, 0.717) is 17.6 Å². The second-order valence-electron chi connectivity index (χ2n) is 4.10.